The van der Waals surface area contributed by atoms with E-state index in [1.807, 2.05) is 6.92 Å². The summed E-state index contributed by atoms with van der Waals surface area (Å²) < 4.78 is 1.34. The summed E-state index contributed by atoms with van der Waals surface area (Å²) in [6.45, 7) is 2.02. The van der Waals surface area contributed by atoms with Gasteiger partial charge in [0, 0.05) is 18.0 Å². The highest BCUT2D eigenvalue weighted by molar-refractivity contribution is 5.52. The highest BCUT2D eigenvalue weighted by Crippen LogP contribution is 2.13. The minimum Gasteiger partial charge on any atom is -0.504 e. The zero-order chi connectivity index (χ0) is 10.8. The van der Waals surface area contributed by atoms with Crippen molar-refractivity contribution in [3.05, 3.63) is 40.4 Å². The predicted octanol–water partition coefficient (Wildman–Crippen LogP) is 1.35. The van der Waals surface area contributed by atoms with Crippen LogP contribution in [0.2, 0.25) is 0 Å². The van der Waals surface area contributed by atoms with Crippen molar-refractivity contribution in [3.63, 3.8) is 0 Å². The molecule has 4 nitrogen and oxygen atoms in total. The summed E-state index contributed by atoms with van der Waals surface area (Å²) in [5, 5.41) is 9.57. The Bertz CT molecular complexity index is 546. The molecule has 0 aliphatic rings. The Balaban J connectivity index is 2.74. The second-order valence-corrected chi connectivity index (χ2v) is 3.42. The topological polar surface area (TPSA) is 54.6 Å². The van der Waals surface area contributed by atoms with Crippen LogP contribution in [0.15, 0.2) is 29.2 Å². The number of rotatable bonds is 2. The van der Waals surface area contributed by atoms with Gasteiger partial charge in [-0.15, -0.1) is 0 Å². The molecule has 0 atom stereocenters. The van der Waals surface area contributed by atoms with Crippen LogP contribution in [0.1, 0.15) is 19.0 Å². The quantitative estimate of drug-likeness (QED) is 0.803. The summed E-state index contributed by atoms with van der Waals surface area (Å²) in [4.78, 5) is 15.9. The Morgan fingerprint density at radius 2 is 2.33 bits per heavy atom. The maximum atomic E-state index is 11.6. The van der Waals surface area contributed by atoms with Gasteiger partial charge in [-0.3, -0.25) is 9.20 Å². The molecule has 0 saturated heterocycles. The van der Waals surface area contributed by atoms with Crippen molar-refractivity contribution in [1.82, 2.24) is 9.38 Å². The predicted molar refractivity (Wildman–Crippen MR) is 57.1 cm³/mol. The number of hydrogen-bond donors (Lipinski definition) is 1. The van der Waals surface area contributed by atoms with Crippen LogP contribution in [-0.2, 0) is 6.42 Å². The average molecular weight is 204 g/mol. The molecule has 0 aliphatic carbocycles. The number of aromatic hydroxyl groups is 1. The van der Waals surface area contributed by atoms with Crippen LogP contribution in [-0.4, -0.2) is 14.5 Å². The SMILES string of the molecule is CCCc1cc(=O)n2cccc(O)c2n1. The number of aromatic nitrogens is 2. The molecule has 0 amide bonds. The molecule has 0 aromatic carbocycles. The van der Waals surface area contributed by atoms with Crippen molar-refractivity contribution >= 4 is 5.65 Å². The van der Waals surface area contributed by atoms with Crippen molar-refractivity contribution in [2.75, 3.05) is 0 Å². The van der Waals surface area contributed by atoms with Gasteiger partial charge >= 0.3 is 0 Å². The summed E-state index contributed by atoms with van der Waals surface area (Å²) in [6, 6.07) is 4.65. The Kier molecular flexibility index (Phi) is 2.41. The molecular formula is C11H12N2O2. The normalized spacial score (nSPS) is 10.7. The monoisotopic (exact) mass is 204 g/mol. The molecule has 15 heavy (non-hydrogen) atoms. The molecule has 1 N–H and O–H groups in total. The highest BCUT2D eigenvalue weighted by atomic mass is 16.3. The van der Waals surface area contributed by atoms with Crippen molar-refractivity contribution in [1.29, 1.82) is 0 Å². The zero-order valence-corrected chi connectivity index (χ0v) is 8.47. The minimum absolute atomic E-state index is 0.0348. The fraction of sp³-hybridized carbons (Fsp3) is 0.273. The lowest BCUT2D eigenvalue weighted by Crippen LogP contribution is -2.15. The smallest absolute Gasteiger partial charge is 0.258 e. The lowest BCUT2D eigenvalue weighted by atomic mass is 10.2. The fourth-order valence-corrected chi connectivity index (χ4v) is 1.54. The lowest BCUT2D eigenvalue weighted by molar-refractivity contribution is 0.476. The second kappa shape index (κ2) is 3.73. The summed E-state index contributed by atoms with van der Waals surface area (Å²) in [5.74, 6) is 0.0348. The standard InChI is InChI=1S/C11H12N2O2/c1-2-4-8-7-10(15)13-6-3-5-9(14)11(13)12-8/h3,5-7,14H,2,4H2,1H3. The van der Waals surface area contributed by atoms with E-state index in [9.17, 15) is 9.90 Å². The Morgan fingerprint density at radius 3 is 3.07 bits per heavy atom. The summed E-state index contributed by atoms with van der Waals surface area (Å²) in [5.41, 5.74) is 0.900. The number of nitrogens with zero attached hydrogens (tertiary/aromatic N) is 2. The van der Waals surface area contributed by atoms with Gasteiger partial charge < -0.3 is 5.11 Å². The van der Waals surface area contributed by atoms with Crippen LogP contribution >= 0.6 is 0 Å². The van der Waals surface area contributed by atoms with Gasteiger partial charge in [-0.2, -0.15) is 0 Å². The third-order valence-electron chi connectivity index (χ3n) is 2.23. The van der Waals surface area contributed by atoms with Crippen LogP contribution < -0.4 is 5.56 Å². The van der Waals surface area contributed by atoms with Crippen molar-refractivity contribution < 1.29 is 5.11 Å². The molecule has 2 heterocycles. The maximum Gasteiger partial charge on any atom is 0.258 e. The van der Waals surface area contributed by atoms with E-state index in [-0.39, 0.29) is 11.3 Å². The van der Waals surface area contributed by atoms with E-state index in [0.29, 0.717) is 5.65 Å². The molecule has 0 bridgehead atoms. The third kappa shape index (κ3) is 1.70. The molecule has 0 fully saturated rings. The number of pyridine rings is 1. The van der Waals surface area contributed by atoms with Gasteiger partial charge in [0.1, 0.15) is 0 Å². The number of aryl methyl sites for hydroxylation is 1. The first-order valence-electron chi connectivity index (χ1n) is 4.92. The van der Waals surface area contributed by atoms with Crippen LogP contribution in [0, 0.1) is 0 Å². The molecule has 2 aromatic heterocycles. The van der Waals surface area contributed by atoms with E-state index in [2.05, 4.69) is 4.98 Å². The third-order valence-corrected chi connectivity index (χ3v) is 2.23. The summed E-state index contributed by atoms with van der Waals surface area (Å²) >= 11 is 0. The van der Waals surface area contributed by atoms with Crippen LogP contribution in [0.25, 0.3) is 5.65 Å². The average Bonchev–Trinajstić information content (AvgIpc) is 2.20. The molecule has 0 spiro atoms. The van der Waals surface area contributed by atoms with Gasteiger partial charge in [0.2, 0.25) is 0 Å². The number of fused-ring (bicyclic) bond motifs is 1. The van der Waals surface area contributed by atoms with E-state index >= 15 is 0 Å². The van der Waals surface area contributed by atoms with Crippen molar-refractivity contribution in [2.24, 2.45) is 0 Å². The van der Waals surface area contributed by atoms with Gasteiger partial charge in [-0.25, -0.2) is 4.98 Å². The van der Waals surface area contributed by atoms with E-state index < -0.39 is 0 Å². The summed E-state index contributed by atoms with van der Waals surface area (Å²) in [7, 11) is 0. The molecule has 0 saturated carbocycles. The minimum atomic E-state index is -0.153. The molecule has 2 aromatic rings. The van der Waals surface area contributed by atoms with E-state index in [1.165, 1.54) is 16.5 Å². The zero-order valence-electron chi connectivity index (χ0n) is 8.47. The van der Waals surface area contributed by atoms with Crippen molar-refractivity contribution in [2.45, 2.75) is 19.8 Å². The molecule has 0 radical (unpaired) electrons. The van der Waals surface area contributed by atoms with Gasteiger partial charge in [0.05, 0.1) is 0 Å². The van der Waals surface area contributed by atoms with E-state index in [4.69, 9.17) is 0 Å². The van der Waals surface area contributed by atoms with Crippen LogP contribution in [0.5, 0.6) is 5.75 Å². The first-order chi connectivity index (χ1) is 7.22. The maximum absolute atomic E-state index is 11.6. The highest BCUT2D eigenvalue weighted by Gasteiger charge is 2.04. The van der Waals surface area contributed by atoms with E-state index in [0.717, 1.165) is 18.5 Å². The molecule has 0 aliphatic heterocycles. The van der Waals surface area contributed by atoms with Crippen LogP contribution in [0.3, 0.4) is 0 Å². The lowest BCUT2D eigenvalue weighted by Gasteiger charge is -2.03. The molecular weight excluding hydrogens is 192 g/mol. The largest absolute Gasteiger partial charge is 0.504 e. The first kappa shape index (κ1) is 9.71. The van der Waals surface area contributed by atoms with Gasteiger partial charge in [-0.1, -0.05) is 13.3 Å². The molecule has 78 valence electrons. The Labute approximate surface area is 86.8 Å². The van der Waals surface area contributed by atoms with Gasteiger partial charge in [-0.05, 0) is 18.6 Å². The van der Waals surface area contributed by atoms with Gasteiger partial charge in [0.15, 0.2) is 11.4 Å². The van der Waals surface area contributed by atoms with Crippen molar-refractivity contribution in [3.8, 4) is 5.75 Å². The Morgan fingerprint density at radius 1 is 1.53 bits per heavy atom. The Hall–Kier alpha value is -1.84. The number of hydrogen-bond acceptors (Lipinski definition) is 3. The van der Waals surface area contributed by atoms with Gasteiger partial charge in [0.25, 0.3) is 5.56 Å². The molecule has 2 rings (SSSR count). The summed E-state index contributed by atoms with van der Waals surface area (Å²) in [6.07, 6.45) is 3.27. The van der Waals surface area contributed by atoms with Crippen LogP contribution in [0.4, 0.5) is 0 Å². The molecule has 4 heteroatoms. The molecule has 0 unspecified atom stereocenters. The first-order valence-corrected chi connectivity index (χ1v) is 4.92. The van der Waals surface area contributed by atoms with E-state index in [1.54, 1.807) is 12.3 Å². The fourth-order valence-electron chi connectivity index (χ4n) is 1.54. The second-order valence-electron chi connectivity index (χ2n) is 3.42.